The van der Waals surface area contributed by atoms with Crippen LogP contribution >= 0.6 is 0 Å². The van der Waals surface area contributed by atoms with Crippen molar-refractivity contribution in [3.63, 3.8) is 0 Å². The standard InChI is InChI=1S/C20H21N3O4/c1-23-16-6-4-3-5-12(16)9-14(20(23)25)19(24)21-11-18-22-15-10-13(26-2)7-8-17(15)27-18/h7-10H,3-6,11H2,1-2H3,(H,21,24). The summed E-state index contributed by atoms with van der Waals surface area (Å²) in [6, 6.07) is 7.06. The van der Waals surface area contributed by atoms with Crippen LogP contribution in [0.1, 0.15) is 40.3 Å². The number of rotatable bonds is 4. The highest BCUT2D eigenvalue weighted by molar-refractivity contribution is 5.94. The van der Waals surface area contributed by atoms with Crippen LogP contribution in [0.2, 0.25) is 0 Å². The Morgan fingerprint density at radius 3 is 2.93 bits per heavy atom. The predicted molar refractivity (Wildman–Crippen MR) is 100 cm³/mol. The Morgan fingerprint density at radius 2 is 2.11 bits per heavy atom. The molecule has 4 rings (SSSR count). The number of oxazole rings is 1. The van der Waals surface area contributed by atoms with Crippen molar-refractivity contribution in [2.45, 2.75) is 32.2 Å². The Balaban J connectivity index is 1.54. The van der Waals surface area contributed by atoms with Crippen molar-refractivity contribution in [1.29, 1.82) is 0 Å². The summed E-state index contributed by atoms with van der Waals surface area (Å²) < 4.78 is 12.4. The molecule has 2 heterocycles. The fourth-order valence-corrected chi connectivity index (χ4v) is 3.56. The number of amides is 1. The van der Waals surface area contributed by atoms with Gasteiger partial charge in [0.2, 0.25) is 5.89 Å². The molecule has 27 heavy (non-hydrogen) atoms. The number of methoxy groups -OCH3 is 1. The van der Waals surface area contributed by atoms with Crippen LogP contribution in [-0.2, 0) is 26.4 Å². The Morgan fingerprint density at radius 1 is 1.30 bits per heavy atom. The second kappa shape index (κ2) is 6.90. The second-order valence-electron chi connectivity index (χ2n) is 6.73. The number of aromatic nitrogens is 2. The fraction of sp³-hybridized carbons (Fsp3) is 0.350. The van der Waals surface area contributed by atoms with Crippen molar-refractivity contribution >= 4 is 17.0 Å². The number of fused-ring (bicyclic) bond motifs is 2. The molecule has 0 fully saturated rings. The highest BCUT2D eigenvalue weighted by Gasteiger charge is 2.20. The average molecular weight is 367 g/mol. The van der Waals surface area contributed by atoms with Crippen molar-refractivity contribution in [1.82, 2.24) is 14.9 Å². The summed E-state index contributed by atoms with van der Waals surface area (Å²) in [5, 5.41) is 2.74. The molecule has 0 atom stereocenters. The van der Waals surface area contributed by atoms with E-state index in [2.05, 4.69) is 10.3 Å². The molecule has 0 saturated heterocycles. The minimum atomic E-state index is -0.413. The Kier molecular flexibility index (Phi) is 4.43. The number of hydrogen-bond donors (Lipinski definition) is 1. The zero-order chi connectivity index (χ0) is 19.0. The van der Waals surface area contributed by atoms with Gasteiger partial charge in [0.1, 0.15) is 16.8 Å². The van der Waals surface area contributed by atoms with Crippen LogP contribution in [0, 0.1) is 0 Å². The zero-order valence-electron chi connectivity index (χ0n) is 15.4. The number of carbonyl (C=O) groups excluding carboxylic acids is 1. The first-order valence-electron chi connectivity index (χ1n) is 9.00. The minimum Gasteiger partial charge on any atom is -0.497 e. The number of ether oxygens (including phenoxy) is 1. The lowest BCUT2D eigenvalue weighted by molar-refractivity contribution is 0.0945. The topological polar surface area (TPSA) is 86.4 Å². The highest BCUT2D eigenvalue weighted by Crippen LogP contribution is 2.22. The summed E-state index contributed by atoms with van der Waals surface area (Å²) in [5.41, 5.74) is 3.29. The van der Waals surface area contributed by atoms with E-state index in [9.17, 15) is 9.59 Å². The SMILES string of the molecule is COc1ccc2oc(CNC(=O)c3cc4c(n(C)c3=O)CCCC4)nc2c1. The van der Waals surface area contributed by atoms with Crippen LogP contribution in [0.5, 0.6) is 5.75 Å². The molecule has 7 heteroatoms. The molecule has 0 bridgehead atoms. The maximum atomic E-state index is 12.6. The quantitative estimate of drug-likeness (QED) is 0.765. The van der Waals surface area contributed by atoms with Gasteiger partial charge in [-0.1, -0.05) is 0 Å². The van der Waals surface area contributed by atoms with Crippen molar-refractivity contribution in [3.8, 4) is 5.75 Å². The molecule has 1 aromatic carbocycles. The van der Waals surface area contributed by atoms with Crippen LogP contribution < -0.4 is 15.6 Å². The normalized spacial score (nSPS) is 13.4. The molecule has 1 amide bonds. The molecule has 1 aliphatic carbocycles. The largest absolute Gasteiger partial charge is 0.497 e. The maximum absolute atomic E-state index is 12.6. The third-order valence-corrected chi connectivity index (χ3v) is 5.02. The van der Waals surface area contributed by atoms with E-state index in [1.165, 1.54) is 0 Å². The number of nitrogens with zero attached hydrogens (tertiary/aromatic N) is 2. The van der Waals surface area contributed by atoms with Crippen molar-refractivity contribution in [2.75, 3.05) is 7.11 Å². The van der Waals surface area contributed by atoms with E-state index in [1.807, 2.05) is 0 Å². The van der Waals surface area contributed by atoms with E-state index in [0.717, 1.165) is 36.9 Å². The summed E-state index contributed by atoms with van der Waals surface area (Å²) in [6.45, 7) is 0.107. The first-order chi connectivity index (χ1) is 13.1. The van der Waals surface area contributed by atoms with Crippen LogP contribution in [0.25, 0.3) is 11.1 Å². The Hall–Kier alpha value is -3.09. The van der Waals surface area contributed by atoms with Crippen molar-refractivity contribution in [3.05, 3.63) is 57.3 Å². The summed E-state index contributed by atoms with van der Waals surface area (Å²) in [7, 11) is 3.32. The maximum Gasteiger partial charge on any atom is 0.263 e. The van der Waals surface area contributed by atoms with E-state index in [4.69, 9.17) is 9.15 Å². The number of hydrogen-bond acceptors (Lipinski definition) is 5. The van der Waals surface area contributed by atoms with Crippen LogP contribution in [0.15, 0.2) is 33.5 Å². The van der Waals surface area contributed by atoms with Crippen molar-refractivity contribution < 1.29 is 13.9 Å². The molecule has 140 valence electrons. The van der Waals surface area contributed by atoms with Gasteiger partial charge in [0.25, 0.3) is 11.5 Å². The third-order valence-electron chi connectivity index (χ3n) is 5.02. The van der Waals surface area contributed by atoms with E-state index in [-0.39, 0.29) is 17.7 Å². The first kappa shape index (κ1) is 17.3. The van der Waals surface area contributed by atoms with Gasteiger partial charge in [-0.3, -0.25) is 9.59 Å². The molecular formula is C20H21N3O4. The summed E-state index contributed by atoms with van der Waals surface area (Å²) >= 11 is 0. The molecule has 0 spiro atoms. The van der Waals surface area contributed by atoms with Gasteiger partial charge in [0.15, 0.2) is 5.58 Å². The molecule has 1 N–H and O–H groups in total. The number of nitrogens with one attached hydrogen (secondary N) is 1. The number of aryl methyl sites for hydroxylation is 1. The summed E-state index contributed by atoms with van der Waals surface area (Å²) in [6.07, 6.45) is 3.94. The molecule has 0 unspecified atom stereocenters. The Bertz CT molecular complexity index is 1080. The zero-order valence-corrected chi connectivity index (χ0v) is 15.4. The molecule has 0 aliphatic heterocycles. The first-order valence-corrected chi connectivity index (χ1v) is 9.00. The van der Waals surface area contributed by atoms with Gasteiger partial charge in [-0.05, 0) is 49.4 Å². The number of benzene rings is 1. The summed E-state index contributed by atoms with van der Waals surface area (Å²) in [5.74, 6) is 0.647. The Labute approximate surface area is 156 Å². The van der Waals surface area contributed by atoms with E-state index in [1.54, 1.807) is 43.0 Å². The lowest BCUT2D eigenvalue weighted by Crippen LogP contribution is -2.34. The molecule has 3 aromatic rings. The smallest absolute Gasteiger partial charge is 0.263 e. The van der Waals surface area contributed by atoms with Gasteiger partial charge in [-0.25, -0.2) is 4.98 Å². The van der Waals surface area contributed by atoms with Gasteiger partial charge in [0.05, 0.1) is 13.7 Å². The van der Waals surface area contributed by atoms with E-state index >= 15 is 0 Å². The number of pyridine rings is 1. The predicted octanol–water partition coefficient (Wildman–Crippen LogP) is 2.34. The fourth-order valence-electron chi connectivity index (χ4n) is 3.56. The third kappa shape index (κ3) is 3.20. The lowest BCUT2D eigenvalue weighted by Gasteiger charge is -2.19. The molecular weight excluding hydrogens is 346 g/mol. The average Bonchev–Trinajstić information content (AvgIpc) is 3.10. The monoisotopic (exact) mass is 367 g/mol. The second-order valence-corrected chi connectivity index (χ2v) is 6.73. The van der Waals surface area contributed by atoms with E-state index < -0.39 is 5.91 Å². The molecule has 0 saturated carbocycles. The summed E-state index contributed by atoms with van der Waals surface area (Å²) in [4.78, 5) is 29.5. The van der Waals surface area contributed by atoms with Gasteiger partial charge >= 0.3 is 0 Å². The molecule has 0 radical (unpaired) electrons. The van der Waals surface area contributed by atoms with E-state index in [0.29, 0.717) is 22.7 Å². The van der Waals surface area contributed by atoms with Gasteiger partial charge in [0, 0.05) is 18.8 Å². The highest BCUT2D eigenvalue weighted by atomic mass is 16.5. The number of carbonyl (C=O) groups is 1. The van der Waals surface area contributed by atoms with Gasteiger partial charge in [-0.2, -0.15) is 0 Å². The van der Waals surface area contributed by atoms with Crippen molar-refractivity contribution in [2.24, 2.45) is 7.05 Å². The van der Waals surface area contributed by atoms with Crippen LogP contribution in [0.4, 0.5) is 0 Å². The lowest BCUT2D eigenvalue weighted by atomic mass is 9.94. The van der Waals surface area contributed by atoms with Crippen LogP contribution in [0.3, 0.4) is 0 Å². The molecule has 2 aromatic heterocycles. The molecule has 7 nitrogen and oxygen atoms in total. The van der Waals surface area contributed by atoms with Gasteiger partial charge in [-0.15, -0.1) is 0 Å². The van der Waals surface area contributed by atoms with Gasteiger partial charge < -0.3 is 19.0 Å². The minimum absolute atomic E-state index is 0.107. The van der Waals surface area contributed by atoms with Crippen LogP contribution in [-0.4, -0.2) is 22.6 Å². The molecule has 1 aliphatic rings.